The molecule has 26 heavy (non-hydrogen) atoms. The van der Waals surface area contributed by atoms with Crippen LogP contribution in [0.3, 0.4) is 0 Å². The smallest absolute Gasteiger partial charge is 0.324 e. The molecule has 1 N–H and O–H groups in total. The number of rotatable bonds is 2. The summed E-state index contributed by atoms with van der Waals surface area (Å²) in [7, 11) is 0. The van der Waals surface area contributed by atoms with Crippen LogP contribution in [0.1, 0.15) is 36.9 Å². The highest BCUT2D eigenvalue weighted by molar-refractivity contribution is 6.21. The average molecular weight is 349 g/mol. The summed E-state index contributed by atoms with van der Waals surface area (Å²) in [6, 6.07) is 10.4. The fraction of sp³-hybridized carbons (Fsp3) is 0.0556. The van der Waals surface area contributed by atoms with E-state index in [-0.39, 0.29) is 22.2 Å². The van der Waals surface area contributed by atoms with Gasteiger partial charge in [0.25, 0.3) is 17.4 Å². The van der Waals surface area contributed by atoms with E-state index < -0.39 is 17.8 Å². The minimum absolute atomic E-state index is 0.0616. The Hall–Kier alpha value is -3.81. The molecule has 1 aliphatic rings. The zero-order valence-electron chi connectivity index (χ0n) is 13.5. The molecule has 0 unspecified atom stereocenters. The van der Waals surface area contributed by atoms with Crippen molar-refractivity contribution in [3.05, 3.63) is 75.3 Å². The molecule has 3 aromatic rings. The Bertz CT molecular complexity index is 1130. The van der Waals surface area contributed by atoms with Gasteiger partial charge in [-0.3, -0.25) is 14.4 Å². The van der Waals surface area contributed by atoms with Gasteiger partial charge in [0.2, 0.25) is 0 Å². The number of H-pyrrole nitrogens is 1. The summed E-state index contributed by atoms with van der Waals surface area (Å²) in [4.78, 5) is 60.4. The Morgan fingerprint density at radius 3 is 2.35 bits per heavy atom. The van der Waals surface area contributed by atoms with Crippen molar-refractivity contribution in [1.82, 2.24) is 15.0 Å². The van der Waals surface area contributed by atoms with Gasteiger partial charge in [-0.1, -0.05) is 17.2 Å². The quantitative estimate of drug-likeness (QED) is 0.704. The number of aromatic amines is 1. The third-order valence-corrected chi connectivity index (χ3v) is 3.99. The Kier molecular flexibility index (Phi) is 3.40. The highest BCUT2D eigenvalue weighted by atomic mass is 16.7. The van der Waals surface area contributed by atoms with Gasteiger partial charge < -0.3 is 9.82 Å². The third-order valence-electron chi connectivity index (χ3n) is 3.99. The predicted molar refractivity (Wildman–Crippen MR) is 89.5 cm³/mol. The van der Waals surface area contributed by atoms with Gasteiger partial charge in [-0.25, -0.2) is 9.78 Å². The molecule has 2 aromatic carbocycles. The summed E-state index contributed by atoms with van der Waals surface area (Å²) < 4.78 is 0. The molecular formula is C18H11N3O5. The van der Waals surface area contributed by atoms with Crippen LogP contribution in [0.4, 0.5) is 0 Å². The summed E-state index contributed by atoms with van der Waals surface area (Å²) in [6.07, 6.45) is 0. The van der Waals surface area contributed by atoms with E-state index in [1.165, 1.54) is 30.3 Å². The Balaban J connectivity index is 1.65. The molecule has 0 bridgehead atoms. The molecule has 0 atom stereocenters. The number of fused-ring (bicyclic) bond motifs is 2. The number of nitrogens with zero attached hydrogens (tertiary/aromatic N) is 2. The number of nitrogens with one attached hydrogen (secondary N) is 1. The van der Waals surface area contributed by atoms with Crippen molar-refractivity contribution < 1.29 is 19.2 Å². The predicted octanol–water partition coefficient (Wildman–Crippen LogP) is 1.60. The molecule has 4 rings (SSSR count). The molecule has 8 nitrogen and oxygen atoms in total. The first-order valence-electron chi connectivity index (χ1n) is 7.66. The lowest BCUT2D eigenvalue weighted by Crippen LogP contribution is -2.32. The minimum Gasteiger partial charge on any atom is -0.324 e. The Morgan fingerprint density at radius 1 is 1.04 bits per heavy atom. The first-order valence-corrected chi connectivity index (χ1v) is 7.66. The lowest BCUT2D eigenvalue weighted by molar-refractivity contribution is -0.0584. The zero-order valence-corrected chi connectivity index (χ0v) is 13.5. The summed E-state index contributed by atoms with van der Waals surface area (Å²) in [5.41, 5.74) is 0.391. The number of aromatic nitrogens is 2. The molecule has 0 fully saturated rings. The first kappa shape index (κ1) is 15.7. The van der Waals surface area contributed by atoms with Crippen LogP contribution in [0, 0.1) is 6.92 Å². The van der Waals surface area contributed by atoms with Crippen molar-refractivity contribution in [1.29, 1.82) is 0 Å². The maximum absolute atomic E-state index is 12.4. The molecule has 0 spiro atoms. The summed E-state index contributed by atoms with van der Waals surface area (Å²) >= 11 is 0. The number of benzene rings is 2. The monoisotopic (exact) mass is 349 g/mol. The standard InChI is InChI=1S/C18H11N3O5/c1-9-19-14-8-10(6-7-13(14)15(22)20-9)18(25)26-21-16(23)11-4-2-3-5-12(11)17(21)24/h2-8H,1H3,(H,19,20,22). The summed E-state index contributed by atoms with van der Waals surface area (Å²) in [5, 5.41) is 0.751. The van der Waals surface area contributed by atoms with Crippen molar-refractivity contribution in [3.63, 3.8) is 0 Å². The maximum atomic E-state index is 12.4. The second-order valence-electron chi connectivity index (χ2n) is 5.71. The largest absolute Gasteiger partial charge is 0.364 e. The first-order chi connectivity index (χ1) is 12.5. The molecule has 2 heterocycles. The Morgan fingerprint density at radius 2 is 1.69 bits per heavy atom. The summed E-state index contributed by atoms with van der Waals surface area (Å²) in [5.74, 6) is -1.91. The van der Waals surface area contributed by atoms with Crippen molar-refractivity contribution in [2.24, 2.45) is 0 Å². The van der Waals surface area contributed by atoms with E-state index in [1.807, 2.05) is 0 Å². The SMILES string of the molecule is Cc1nc2cc(C(=O)ON3C(=O)c4ccccc4C3=O)ccc2c(=O)[nH]1. The van der Waals surface area contributed by atoms with Gasteiger partial charge in [-0.05, 0) is 37.3 Å². The molecule has 0 radical (unpaired) electrons. The normalized spacial score (nSPS) is 13.2. The van der Waals surface area contributed by atoms with Crippen molar-refractivity contribution >= 4 is 28.7 Å². The molecule has 0 aliphatic carbocycles. The van der Waals surface area contributed by atoms with Gasteiger partial charge in [0.1, 0.15) is 5.82 Å². The highest BCUT2D eigenvalue weighted by Gasteiger charge is 2.38. The van der Waals surface area contributed by atoms with Gasteiger partial charge in [-0.15, -0.1) is 0 Å². The Labute approximate surface area is 146 Å². The van der Waals surface area contributed by atoms with Crippen LogP contribution in [0.15, 0.2) is 47.3 Å². The van der Waals surface area contributed by atoms with E-state index in [9.17, 15) is 19.2 Å². The van der Waals surface area contributed by atoms with Gasteiger partial charge in [0, 0.05) is 0 Å². The van der Waals surface area contributed by atoms with Crippen molar-refractivity contribution in [2.75, 3.05) is 0 Å². The van der Waals surface area contributed by atoms with Crippen LogP contribution in [0.2, 0.25) is 0 Å². The number of imide groups is 1. The molecule has 0 saturated carbocycles. The number of hydroxylamine groups is 2. The molecule has 1 aliphatic heterocycles. The zero-order chi connectivity index (χ0) is 18.4. The van der Waals surface area contributed by atoms with Crippen molar-refractivity contribution in [2.45, 2.75) is 6.92 Å². The van der Waals surface area contributed by atoms with Crippen molar-refractivity contribution in [3.8, 4) is 0 Å². The van der Waals surface area contributed by atoms with E-state index >= 15 is 0 Å². The number of carbonyl (C=O) groups excluding carboxylic acids is 3. The molecule has 8 heteroatoms. The van der Waals surface area contributed by atoms with Crippen LogP contribution in [-0.2, 0) is 4.84 Å². The van der Waals surface area contributed by atoms with Gasteiger partial charge in [-0.2, -0.15) is 0 Å². The molecular weight excluding hydrogens is 338 g/mol. The summed E-state index contributed by atoms with van der Waals surface area (Å²) in [6.45, 7) is 1.62. The molecule has 128 valence electrons. The minimum atomic E-state index is -0.902. The maximum Gasteiger partial charge on any atom is 0.364 e. The van der Waals surface area contributed by atoms with Crippen LogP contribution < -0.4 is 5.56 Å². The number of hydrogen-bond donors (Lipinski definition) is 1. The number of amides is 2. The number of hydrogen-bond acceptors (Lipinski definition) is 6. The molecule has 2 amide bonds. The molecule has 1 aromatic heterocycles. The van der Waals surface area contributed by atoms with Crippen LogP contribution in [-0.4, -0.2) is 32.8 Å². The van der Waals surface area contributed by atoms with E-state index in [1.54, 1.807) is 19.1 Å². The fourth-order valence-corrected chi connectivity index (χ4v) is 2.77. The van der Waals surface area contributed by atoms with E-state index in [0.717, 1.165) is 0 Å². The van der Waals surface area contributed by atoms with Crippen LogP contribution >= 0.6 is 0 Å². The van der Waals surface area contributed by atoms with Crippen LogP contribution in [0.25, 0.3) is 10.9 Å². The van der Waals surface area contributed by atoms with Crippen LogP contribution in [0.5, 0.6) is 0 Å². The lowest BCUT2D eigenvalue weighted by atomic mass is 10.1. The third kappa shape index (κ3) is 2.35. The van der Waals surface area contributed by atoms with Gasteiger partial charge in [0.05, 0.1) is 27.6 Å². The second kappa shape index (κ2) is 5.62. The number of aryl methyl sites for hydroxylation is 1. The van der Waals surface area contributed by atoms with Gasteiger partial charge >= 0.3 is 5.97 Å². The highest BCUT2D eigenvalue weighted by Crippen LogP contribution is 2.23. The van der Waals surface area contributed by atoms with E-state index in [4.69, 9.17) is 4.84 Å². The van der Waals surface area contributed by atoms with Gasteiger partial charge in [0.15, 0.2) is 0 Å². The number of carbonyl (C=O) groups is 3. The molecule has 0 saturated heterocycles. The fourth-order valence-electron chi connectivity index (χ4n) is 2.77. The van der Waals surface area contributed by atoms with E-state index in [0.29, 0.717) is 21.8 Å². The topological polar surface area (TPSA) is 109 Å². The van der Waals surface area contributed by atoms with E-state index in [2.05, 4.69) is 9.97 Å². The lowest BCUT2D eigenvalue weighted by Gasteiger charge is -2.12. The average Bonchev–Trinajstić information content (AvgIpc) is 2.86. The second-order valence-corrected chi connectivity index (χ2v) is 5.71.